The van der Waals surface area contributed by atoms with Gasteiger partial charge in [-0.3, -0.25) is 4.79 Å². The summed E-state index contributed by atoms with van der Waals surface area (Å²) in [5.74, 6) is 0.983. The SMILES string of the molecule is CC[C@H](C)[C@H](N)C(=O)NCCc1nncn1C(C)C.Cl. The summed E-state index contributed by atoms with van der Waals surface area (Å²) in [5, 5.41) is 10.8. The van der Waals surface area contributed by atoms with Gasteiger partial charge in [0.2, 0.25) is 5.91 Å². The van der Waals surface area contributed by atoms with Crippen LogP contribution in [0, 0.1) is 5.92 Å². The summed E-state index contributed by atoms with van der Waals surface area (Å²) in [6, 6.07) is -0.115. The van der Waals surface area contributed by atoms with Crippen LogP contribution in [-0.4, -0.2) is 33.3 Å². The van der Waals surface area contributed by atoms with Crippen LogP contribution in [0.4, 0.5) is 0 Å². The van der Waals surface area contributed by atoms with Gasteiger partial charge in [0.25, 0.3) is 0 Å². The fourth-order valence-corrected chi connectivity index (χ4v) is 1.80. The molecule has 2 atom stereocenters. The Morgan fingerprint density at radius 1 is 1.45 bits per heavy atom. The fraction of sp³-hybridized carbons (Fsp3) is 0.769. The second-order valence-corrected chi connectivity index (χ2v) is 5.20. The molecule has 7 heteroatoms. The van der Waals surface area contributed by atoms with E-state index in [-0.39, 0.29) is 24.2 Å². The molecule has 1 aromatic heterocycles. The Balaban J connectivity index is 0.00000361. The van der Waals surface area contributed by atoms with Crippen molar-refractivity contribution in [2.75, 3.05) is 6.54 Å². The minimum atomic E-state index is -0.437. The molecule has 0 radical (unpaired) electrons. The highest BCUT2D eigenvalue weighted by Crippen LogP contribution is 2.07. The van der Waals surface area contributed by atoms with Crippen molar-refractivity contribution in [3.8, 4) is 0 Å². The van der Waals surface area contributed by atoms with E-state index < -0.39 is 6.04 Å². The molecule has 1 aromatic rings. The first-order chi connectivity index (χ1) is 8.97. The third-order valence-electron chi connectivity index (χ3n) is 3.41. The molecule has 0 saturated heterocycles. The van der Waals surface area contributed by atoms with E-state index in [1.165, 1.54) is 0 Å². The summed E-state index contributed by atoms with van der Waals surface area (Å²) in [4.78, 5) is 11.8. The molecule has 1 amide bonds. The average molecular weight is 304 g/mol. The van der Waals surface area contributed by atoms with Gasteiger partial charge in [-0.05, 0) is 19.8 Å². The second-order valence-electron chi connectivity index (χ2n) is 5.20. The van der Waals surface area contributed by atoms with Gasteiger partial charge in [-0.25, -0.2) is 0 Å². The van der Waals surface area contributed by atoms with E-state index in [4.69, 9.17) is 5.73 Å². The highest BCUT2D eigenvalue weighted by Gasteiger charge is 2.19. The van der Waals surface area contributed by atoms with Crippen molar-refractivity contribution in [3.63, 3.8) is 0 Å². The van der Waals surface area contributed by atoms with Gasteiger partial charge >= 0.3 is 0 Å². The van der Waals surface area contributed by atoms with Crippen LogP contribution in [0.15, 0.2) is 6.33 Å². The van der Waals surface area contributed by atoms with Crippen molar-refractivity contribution >= 4 is 18.3 Å². The predicted octanol–water partition coefficient (Wildman–Crippen LogP) is 1.31. The number of rotatable bonds is 7. The number of nitrogens with zero attached hydrogens (tertiary/aromatic N) is 3. The zero-order valence-electron chi connectivity index (χ0n) is 12.7. The molecule has 0 aromatic carbocycles. The van der Waals surface area contributed by atoms with Crippen molar-refractivity contribution in [3.05, 3.63) is 12.2 Å². The smallest absolute Gasteiger partial charge is 0.237 e. The maximum atomic E-state index is 11.8. The Kier molecular flexibility index (Phi) is 8.41. The summed E-state index contributed by atoms with van der Waals surface area (Å²) >= 11 is 0. The summed E-state index contributed by atoms with van der Waals surface area (Å²) in [5.41, 5.74) is 5.86. The van der Waals surface area contributed by atoms with Gasteiger partial charge in [0.1, 0.15) is 12.2 Å². The molecule has 116 valence electrons. The van der Waals surface area contributed by atoms with Crippen molar-refractivity contribution in [2.24, 2.45) is 11.7 Å². The minimum Gasteiger partial charge on any atom is -0.354 e. The van der Waals surface area contributed by atoms with E-state index in [2.05, 4.69) is 29.4 Å². The largest absolute Gasteiger partial charge is 0.354 e. The maximum Gasteiger partial charge on any atom is 0.237 e. The first-order valence-electron chi connectivity index (χ1n) is 6.89. The lowest BCUT2D eigenvalue weighted by atomic mass is 9.99. The molecule has 0 unspecified atom stereocenters. The van der Waals surface area contributed by atoms with Crippen LogP contribution in [0.1, 0.15) is 46.0 Å². The number of nitrogens with one attached hydrogen (secondary N) is 1. The van der Waals surface area contributed by atoms with Gasteiger partial charge in [0, 0.05) is 19.0 Å². The number of aromatic nitrogens is 3. The minimum absolute atomic E-state index is 0. The third-order valence-corrected chi connectivity index (χ3v) is 3.41. The van der Waals surface area contributed by atoms with Crippen LogP contribution in [0.25, 0.3) is 0 Å². The number of hydrogen-bond donors (Lipinski definition) is 2. The Labute approximate surface area is 126 Å². The molecule has 0 bridgehead atoms. The lowest BCUT2D eigenvalue weighted by Crippen LogP contribution is -2.45. The van der Waals surface area contributed by atoms with Crippen molar-refractivity contribution in [1.29, 1.82) is 0 Å². The van der Waals surface area contributed by atoms with Gasteiger partial charge in [-0.15, -0.1) is 22.6 Å². The quantitative estimate of drug-likeness (QED) is 0.795. The third kappa shape index (κ3) is 5.09. The molecular weight excluding hydrogens is 278 g/mol. The van der Waals surface area contributed by atoms with Gasteiger partial charge in [-0.1, -0.05) is 20.3 Å². The zero-order chi connectivity index (χ0) is 14.4. The monoisotopic (exact) mass is 303 g/mol. The Morgan fingerprint density at radius 3 is 2.65 bits per heavy atom. The van der Waals surface area contributed by atoms with Crippen LogP contribution in [0.2, 0.25) is 0 Å². The van der Waals surface area contributed by atoms with E-state index in [0.717, 1.165) is 12.2 Å². The normalized spacial score (nSPS) is 13.7. The van der Waals surface area contributed by atoms with Crippen molar-refractivity contribution < 1.29 is 4.79 Å². The number of amides is 1. The molecule has 0 aliphatic carbocycles. The van der Waals surface area contributed by atoms with Crippen LogP contribution in [-0.2, 0) is 11.2 Å². The van der Waals surface area contributed by atoms with E-state index in [1.807, 2.05) is 18.4 Å². The summed E-state index contributed by atoms with van der Waals surface area (Å²) in [7, 11) is 0. The van der Waals surface area contributed by atoms with Crippen LogP contribution >= 0.6 is 12.4 Å². The average Bonchev–Trinajstić information content (AvgIpc) is 2.85. The van der Waals surface area contributed by atoms with Gasteiger partial charge < -0.3 is 15.6 Å². The molecule has 0 spiro atoms. The molecule has 0 saturated carbocycles. The molecule has 0 aliphatic heterocycles. The zero-order valence-corrected chi connectivity index (χ0v) is 13.5. The number of halogens is 1. The highest BCUT2D eigenvalue weighted by molar-refractivity contribution is 5.85. The Morgan fingerprint density at radius 2 is 2.10 bits per heavy atom. The molecule has 20 heavy (non-hydrogen) atoms. The van der Waals surface area contributed by atoms with E-state index in [1.54, 1.807) is 6.33 Å². The first-order valence-corrected chi connectivity index (χ1v) is 6.89. The van der Waals surface area contributed by atoms with E-state index in [9.17, 15) is 4.79 Å². The maximum absolute atomic E-state index is 11.8. The van der Waals surface area contributed by atoms with Crippen LogP contribution in [0.5, 0.6) is 0 Å². The highest BCUT2D eigenvalue weighted by atomic mass is 35.5. The van der Waals surface area contributed by atoms with Crippen molar-refractivity contribution in [1.82, 2.24) is 20.1 Å². The summed E-state index contributed by atoms with van der Waals surface area (Å²) in [6.45, 7) is 8.70. The Hall–Kier alpha value is -1.14. The predicted molar refractivity (Wildman–Crippen MR) is 81.8 cm³/mol. The molecule has 6 nitrogen and oxygen atoms in total. The van der Waals surface area contributed by atoms with E-state index in [0.29, 0.717) is 19.0 Å². The molecule has 0 aliphatic rings. The molecule has 0 fully saturated rings. The number of carbonyl (C=O) groups excluding carboxylic acids is 1. The van der Waals surface area contributed by atoms with Gasteiger partial charge in [0.15, 0.2) is 0 Å². The molecule has 1 rings (SSSR count). The summed E-state index contributed by atoms with van der Waals surface area (Å²) in [6.07, 6.45) is 3.28. The number of nitrogens with two attached hydrogens (primary N) is 1. The van der Waals surface area contributed by atoms with Crippen molar-refractivity contribution in [2.45, 2.75) is 52.6 Å². The Bertz CT molecular complexity index is 407. The summed E-state index contributed by atoms with van der Waals surface area (Å²) < 4.78 is 2.00. The number of hydrogen-bond acceptors (Lipinski definition) is 4. The van der Waals surface area contributed by atoms with E-state index >= 15 is 0 Å². The van der Waals surface area contributed by atoms with Gasteiger partial charge in [0.05, 0.1) is 6.04 Å². The molecule has 3 N–H and O–H groups in total. The standard InChI is InChI=1S/C13H25N5O.ClH/c1-5-10(4)12(14)13(19)15-7-6-11-17-16-8-18(11)9(2)3;/h8-10,12H,5-7,14H2,1-4H3,(H,15,19);1H/t10-,12-;/m0./s1. The second kappa shape index (κ2) is 8.92. The first kappa shape index (κ1) is 18.9. The number of carbonyl (C=O) groups is 1. The topological polar surface area (TPSA) is 85.8 Å². The molecule has 1 heterocycles. The lowest BCUT2D eigenvalue weighted by molar-refractivity contribution is -0.123. The molecular formula is C13H26ClN5O. The van der Waals surface area contributed by atoms with Crippen LogP contribution in [0.3, 0.4) is 0 Å². The van der Waals surface area contributed by atoms with Crippen LogP contribution < -0.4 is 11.1 Å². The fourth-order valence-electron chi connectivity index (χ4n) is 1.80. The van der Waals surface area contributed by atoms with Gasteiger partial charge in [-0.2, -0.15) is 0 Å². The lowest BCUT2D eigenvalue weighted by Gasteiger charge is -2.17.